The van der Waals surface area contributed by atoms with Crippen molar-refractivity contribution >= 4 is 38.8 Å². The maximum atomic E-state index is 13.0. The minimum atomic E-state index is -0.164. The van der Waals surface area contributed by atoms with Gasteiger partial charge in [0.1, 0.15) is 11.4 Å². The lowest BCUT2D eigenvalue weighted by molar-refractivity contribution is 0.103. The van der Waals surface area contributed by atoms with E-state index in [1.165, 1.54) is 37.0 Å². The van der Waals surface area contributed by atoms with E-state index in [0.29, 0.717) is 21.4 Å². The van der Waals surface area contributed by atoms with Crippen LogP contribution in [0.15, 0.2) is 24.3 Å². The van der Waals surface area contributed by atoms with Crippen LogP contribution < -0.4 is 15.4 Å². The van der Waals surface area contributed by atoms with Crippen molar-refractivity contribution in [2.24, 2.45) is 5.92 Å². The van der Waals surface area contributed by atoms with Crippen molar-refractivity contribution in [1.82, 2.24) is 9.97 Å². The van der Waals surface area contributed by atoms with Crippen LogP contribution in [0.1, 0.15) is 46.7 Å². The number of fused-ring (bicyclic) bond motifs is 1. The van der Waals surface area contributed by atoms with E-state index in [-0.39, 0.29) is 12.5 Å². The zero-order valence-corrected chi connectivity index (χ0v) is 19.0. The van der Waals surface area contributed by atoms with Crippen molar-refractivity contribution in [2.45, 2.75) is 39.2 Å². The second kappa shape index (κ2) is 9.62. The lowest BCUT2D eigenvalue weighted by atomic mass is 10.1. The van der Waals surface area contributed by atoms with Gasteiger partial charge in [-0.05, 0) is 55.5 Å². The van der Waals surface area contributed by atoms with E-state index in [1.807, 2.05) is 31.2 Å². The topological polar surface area (TPSA) is 85.4 Å². The van der Waals surface area contributed by atoms with Crippen LogP contribution in [0.2, 0.25) is 0 Å². The highest BCUT2D eigenvalue weighted by Crippen LogP contribution is 2.35. The first kappa shape index (κ1) is 21.5. The van der Waals surface area contributed by atoms with Crippen molar-refractivity contribution in [3.8, 4) is 5.88 Å². The van der Waals surface area contributed by atoms with Crippen molar-refractivity contribution in [1.29, 1.82) is 0 Å². The van der Waals surface area contributed by atoms with Crippen LogP contribution in [0.5, 0.6) is 5.88 Å². The molecule has 3 aromatic rings. The fourth-order valence-corrected chi connectivity index (χ4v) is 5.12. The molecule has 0 atom stereocenters. The summed E-state index contributed by atoms with van der Waals surface area (Å²) in [7, 11) is 3.16. The Hall–Kier alpha value is -2.71. The zero-order valence-electron chi connectivity index (χ0n) is 18.2. The molecule has 2 aromatic heterocycles. The Morgan fingerprint density at radius 2 is 1.84 bits per heavy atom. The molecular formula is C23H28N4O3S. The highest BCUT2D eigenvalue weighted by atomic mass is 32.1. The van der Waals surface area contributed by atoms with Gasteiger partial charge in [0, 0.05) is 25.0 Å². The molecule has 8 heteroatoms. The number of amides is 1. The second-order valence-corrected chi connectivity index (χ2v) is 8.88. The number of rotatable bonds is 8. The SMILES string of the molecule is COCc1nc(OC)c2c(C)c(C(=O)Nc3ccc(NCC4CCCC4)cc3)sc2n1. The third-order valence-corrected chi connectivity index (χ3v) is 6.87. The van der Waals surface area contributed by atoms with Crippen molar-refractivity contribution in [3.05, 3.63) is 40.5 Å². The summed E-state index contributed by atoms with van der Waals surface area (Å²) in [6.07, 6.45) is 5.33. The maximum Gasteiger partial charge on any atom is 0.266 e. The van der Waals surface area contributed by atoms with Gasteiger partial charge in [0.25, 0.3) is 5.91 Å². The summed E-state index contributed by atoms with van der Waals surface area (Å²) >= 11 is 1.34. The summed E-state index contributed by atoms with van der Waals surface area (Å²) in [5.74, 6) is 1.60. The van der Waals surface area contributed by atoms with Crippen LogP contribution in [0.25, 0.3) is 10.2 Å². The number of ether oxygens (including phenoxy) is 2. The van der Waals surface area contributed by atoms with Crippen LogP contribution in [0, 0.1) is 12.8 Å². The normalized spacial score (nSPS) is 14.2. The predicted octanol–water partition coefficient (Wildman–Crippen LogP) is 5.01. The van der Waals surface area contributed by atoms with Crippen LogP contribution in [0.4, 0.5) is 11.4 Å². The molecule has 7 nitrogen and oxygen atoms in total. The minimum absolute atomic E-state index is 0.164. The van der Waals surface area contributed by atoms with Crippen LogP contribution in [0.3, 0.4) is 0 Å². The van der Waals surface area contributed by atoms with E-state index in [2.05, 4.69) is 20.6 Å². The Morgan fingerprint density at radius 1 is 1.13 bits per heavy atom. The number of hydrogen-bond donors (Lipinski definition) is 2. The van der Waals surface area contributed by atoms with Gasteiger partial charge in [-0.25, -0.2) is 4.98 Å². The van der Waals surface area contributed by atoms with Crippen molar-refractivity contribution in [2.75, 3.05) is 31.4 Å². The van der Waals surface area contributed by atoms with Gasteiger partial charge in [0.05, 0.1) is 17.4 Å². The van der Waals surface area contributed by atoms with E-state index in [0.717, 1.165) is 34.8 Å². The molecular weight excluding hydrogens is 412 g/mol. The standard InChI is InChI=1S/C23H28N4O3S/c1-14-19-22(30-3)26-18(13-29-2)27-23(19)31-20(14)21(28)25-17-10-8-16(9-11-17)24-12-15-6-4-5-7-15/h8-11,15,24H,4-7,12-13H2,1-3H3,(H,25,28). The Bertz CT molecular complexity index is 1060. The molecule has 0 bridgehead atoms. The van der Waals surface area contributed by atoms with Crippen molar-refractivity contribution in [3.63, 3.8) is 0 Å². The average molecular weight is 441 g/mol. The van der Waals surface area contributed by atoms with Gasteiger partial charge in [0.15, 0.2) is 5.82 Å². The first-order chi connectivity index (χ1) is 15.1. The second-order valence-electron chi connectivity index (χ2n) is 7.88. The molecule has 2 heterocycles. The summed E-state index contributed by atoms with van der Waals surface area (Å²) < 4.78 is 10.6. The molecule has 0 radical (unpaired) electrons. The Morgan fingerprint density at radius 3 is 2.52 bits per heavy atom. The molecule has 2 N–H and O–H groups in total. The molecule has 0 spiro atoms. The summed E-state index contributed by atoms with van der Waals surface area (Å²) in [6.45, 7) is 3.19. The molecule has 31 heavy (non-hydrogen) atoms. The fourth-order valence-electron chi connectivity index (χ4n) is 4.04. The lowest BCUT2D eigenvalue weighted by Gasteiger charge is -2.12. The van der Waals surface area contributed by atoms with Gasteiger partial charge >= 0.3 is 0 Å². The number of aromatic nitrogens is 2. The highest BCUT2D eigenvalue weighted by molar-refractivity contribution is 7.20. The first-order valence-electron chi connectivity index (χ1n) is 10.6. The number of aryl methyl sites for hydroxylation is 1. The Labute approximate surface area is 186 Å². The summed E-state index contributed by atoms with van der Waals surface area (Å²) in [5.41, 5.74) is 2.65. The molecule has 1 saturated carbocycles. The minimum Gasteiger partial charge on any atom is -0.480 e. The smallest absolute Gasteiger partial charge is 0.266 e. The van der Waals surface area contributed by atoms with Crippen molar-refractivity contribution < 1.29 is 14.3 Å². The monoisotopic (exact) mass is 440 g/mol. The summed E-state index contributed by atoms with van der Waals surface area (Å²) in [5, 5.41) is 7.26. The number of hydrogen-bond acceptors (Lipinski definition) is 7. The quantitative estimate of drug-likeness (QED) is 0.512. The van der Waals surface area contributed by atoms with E-state index >= 15 is 0 Å². The van der Waals surface area contributed by atoms with Gasteiger partial charge in [-0.15, -0.1) is 11.3 Å². The summed E-state index contributed by atoms with van der Waals surface area (Å²) in [6, 6.07) is 7.87. The number of methoxy groups -OCH3 is 2. The summed E-state index contributed by atoms with van der Waals surface area (Å²) in [4.78, 5) is 23.2. The number of anilines is 2. The number of benzene rings is 1. The molecule has 0 unspecified atom stereocenters. The third kappa shape index (κ3) is 4.80. The van der Waals surface area contributed by atoms with Gasteiger partial charge < -0.3 is 20.1 Å². The van der Waals surface area contributed by atoms with Gasteiger partial charge in [0.2, 0.25) is 5.88 Å². The molecule has 4 rings (SSSR count). The van der Waals surface area contributed by atoms with Gasteiger partial charge in [-0.3, -0.25) is 4.79 Å². The van der Waals surface area contributed by atoms with Crippen LogP contribution in [-0.2, 0) is 11.3 Å². The third-order valence-electron chi connectivity index (χ3n) is 5.69. The predicted molar refractivity (Wildman–Crippen MR) is 124 cm³/mol. The molecule has 0 saturated heterocycles. The zero-order chi connectivity index (χ0) is 21.8. The average Bonchev–Trinajstić information content (AvgIpc) is 3.41. The number of nitrogens with zero attached hydrogens (tertiary/aromatic N) is 2. The first-order valence-corrected chi connectivity index (χ1v) is 11.4. The van der Waals surface area contributed by atoms with Gasteiger partial charge in [-0.2, -0.15) is 4.98 Å². The van der Waals surface area contributed by atoms with E-state index in [9.17, 15) is 4.79 Å². The molecule has 0 aliphatic heterocycles. The van der Waals surface area contributed by atoms with E-state index in [1.54, 1.807) is 14.2 Å². The number of carbonyl (C=O) groups is 1. The maximum absolute atomic E-state index is 13.0. The highest BCUT2D eigenvalue weighted by Gasteiger charge is 2.21. The van der Waals surface area contributed by atoms with Crippen LogP contribution >= 0.6 is 11.3 Å². The molecule has 1 aliphatic carbocycles. The molecule has 1 aromatic carbocycles. The lowest BCUT2D eigenvalue weighted by Crippen LogP contribution is -2.12. The molecule has 1 amide bonds. The molecule has 164 valence electrons. The van der Waals surface area contributed by atoms with Gasteiger partial charge in [-0.1, -0.05) is 12.8 Å². The largest absolute Gasteiger partial charge is 0.480 e. The Balaban J connectivity index is 1.48. The van der Waals surface area contributed by atoms with E-state index in [4.69, 9.17) is 9.47 Å². The van der Waals surface area contributed by atoms with Crippen LogP contribution in [-0.4, -0.2) is 36.6 Å². The molecule has 1 fully saturated rings. The number of nitrogens with one attached hydrogen (secondary N) is 2. The molecule has 1 aliphatic rings. The van der Waals surface area contributed by atoms with E-state index < -0.39 is 0 Å². The Kier molecular flexibility index (Phi) is 6.67. The number of carbonyl (C=O) groups excluding carboxylic acids is 1. The fraction of sp³-hybridized carbons (Fsp3) is 0.435. The number of thiophene rings is 1.